The lowest BCUT2D eigenvalue weighted by Gasteiger charge is -2.20. The van der Waals surface area contributed by atoms with Crippen LogP contribution >= 0.6 is 0 Å². The molecule has 0 saturated carbocycles. The summed E-state index contributed by atoms with van der Waals surface area (Å²) in [6.07, 6.45) is 6.26. The molecule has 1 nitrogen and oxygen atoms in total. The molecule has 0 fully saturated rings. The van der Waals surface area contributed by atoms with Gasteiger partial charge in [0.05, 0.1) is 13.2 Å². The van der Waals surface area contributed by atoms with Crippen LogP contribution in [0.1, 0.15) is 64.5 Å². The molecule has 0 aliphatic carbocycles. The number of hydrogen-bond donors (Lipinski definition) is 0. The number of benzene rings is 1. The standard InChI is InChI=1S/C19H32O/c1-5-7-12-19(16(3)4)15-20-14-18-11-8-10-17(13-18)9-6-2/h8,10-11,13,16,19H,5-7,9,12,14-15H2,1-4H3. The fraction of sp³-hybridized carbons (Fsp3) is 0.684. The van der Waals surface area contributed by atoms with Crippen LogP contribution in [0, 0.1) is 11.8 Å². The molecule has 0 saturated heterocycles. The Balaban J connectivity index is 2.39. The number of aryl methyl sites for hydroxylation is 1. The highest BCUT2D eigenvalue weighted by atomic mass is 16.5. The van der Waals surface area contributed by atoms with Gasteiger partial charge in [-0.05, 0) is 35.8 Å². The third-order valence-electron chi connectivity index (χ3n) is 4.00. The lowest BCUT2D eigenvalue weighted by molar-refractivity contribution is 0.0673. The summed E-state index contributed by atoms with van der Waals surface area (Å²) in [5.41, 5.74) is 2.74. The highest BCUT2D eigenvalue weighted by molar-refractivity contribution is 5.22. The molecule has 0 heterocycles. The van der Waals surface area contributed by atoms with Gasteiger partial charge < -0.3 is 4.74 Å². The number of hydrogen-bond acceptors (Lipinski definition) is 1. The normalized spacial score (nSPS) is 12.8. The van der Waals surface area contributed by atoms with Gasteiger partial charge in [0.15, 0.2) is 0 Å². The lowest BCUT2D eigenvalue weighted by Crippen LogP contribution is -2.16. The SMILES string of the molecule is CCCCC(COCc1cccc(CCC)c1)C(C)C. The van der Waals surface area contributed by atoms with Crippen molar-refractivity contribution in [2.45, 2.75) is 66.4 Å². The van der Waals surface area contributed by atoms with Gasteiger partial charge in [-0.25, -0.2) is 0 Å². The maximum atomic E-state index is 5.97. The zero-order chi connectivity index (χ0) is 14.8. The van der Waals surface area contributed by atoms with Gasteiger partial charge in [-0.2, -0.15) is 0 Å². The Kier molecular flexibility index (Phi) is 8.60. The minimum absolute atomic E-state index is 0.703. The van der Waals surface area contributed by atoms with Gasteiger partial charge in [0, 0.05) is 0 Å². The molecule has 0 N–H and O–H groups in total. The Morgan fingerprint density at radius 2 is 1.80 bits per heavy atom. The van der Waals surface area contributed by atoms with E-state index in [2.05, 4.69) is 52.0 Å². The molecule has 0 spiro atoms. The second-order valence-corrected chi connectivity index (χ2v) is 6.23. The van der Waals surface area contributed by atoms with E-state index < -0.39 is 0 Å². The summed E-state index contributed by atoms with van der Waals surface area (Å²) in [6.45, 7) is 10.8. The van der Waals surface area contributed by atoms with Gasteiger partial charge in [0.2, 0.25) is 0 Å². The quantitative estimate of drug-likeness (QED) is 0.539. The van der Waals surface area contributed by atoms with E-state index in [1.165, 1.54) is 43.2 Å². The van der Waals surface area contributed by atoms with Crippen molar-refractivity contribution in [2.75, 3.05) is 6.61 Å². The largest absolute Gasteiger partial charge is 0.376 e. The Morgan fingerprint density at radius 3 is 2.45 bits per heavy atom. The zero-order valence-electron chi connectivity index (χ0n) is 13.8. The lowest BCUT2D eigenvalue weighted by atomic mass is 9.91. The van der Waals surface area contributed by atoms with Crippen molar-refractivity contribution < 1.29 is 4.74 Å². The molecule has 20 heavy (non-hydrogen) atoms. The summed E-state index contributed by atoms with van der Waals surface area (Å²) in [7, 11) is 0. The molecule has 0 amide bonds. The summed E-state index contributed by atoms with van der Waals surface area (Å²) in [5, 5.41) is 0. The van der Waals surface area contributed by atoms with E-state index >= 15 is 0 Å². The zero-order valence-corrected chi connectivity index (χ0v) is 13.8. The fourth-order valence-corrected chi connectivity index (χ4v) is 2.57. The first-order valence-electron chi connectivity index (χ1n) is 8.32. The highest BCUT2D eigenvalue weighted by Crippen LogP contribution is 2.19. The van der Waals surface area contributed by atoms with E-state index in [1.54, 1.807) is 0 Å². The second kappa shape index (κ2) is 9.99. The van der Waals surface area contributed by atoms with Crippen molar-refractivity contribution in [3.05, 3.63) is 35.4 Å². The monoisotopic (exact) mass is 276 g/mol. The first kappa shape index (κ1) is 17.2. The molecule has 1 aromatic rings. The second-order valence-electron chi connectivity index (χ2n) is 6.23. The number of rotatable bonds is 10. The summed E-state index contributed by atoms with van der Waals surface area (Å²) >= 11 is 0. The predicted molar refractivity (Wildman–Crippen MR) is 87.9 cm³/mol. The summed E-state index contributed by atoms with van der Waals surface area (Å²) < 4.78 is 5.97. The van der Waals surface area contributed by atoms with Crippen molar-refractivity contribution in [3.63, 3.8) is 0 Å². The van der Waals surface area contributed by atoms with Crippen LogP contribution < -0.4 is 0 Å². The van der Waals surface area contributed by atoms with Crippen molar-refractivity contribution in [3.8, 4) is 0 Å². The molecular weight excluding hydrogens is 244 g/mol. The maximum absolute atomic E-state index is 5.97. The van der Waals surface area contributed by atoms with E-state index in [4.69, 9.17) is 4.74 Å². The Morgan fingerprint density at radius 1 is 1.05 bits per heavy atom. The molecule has 0 aliphatic rings. The summed E-state index contributed by atoms with van der Waals surface area (Å²) in [4.78, 5) is 0. The Labute approximate surface area is 125 Å². The molecule has 1 unspecified atom stereocenters. The van der Waals surface area contributed by atoms with Crippen LogP contribution in [0.4, 0.5) is 0 Å². The van der Waals surface area contributed by atoms with Crippen LogP contribution in [0.15, 0.2) is 24.3 Å². The van der Waals surface area contributed by atoms with E-state index in [9.17, 15) is 0 Å². The number of ether oxygens (including phenoxy) is 1. The van der Waals surface area contributed by atoms with E-state index in [-0.39, 0.29) is 0 Å². The smallest absolute Gasteiger partial charge is 0.0717 e. The molecule has 0 aromatic heterocycles. The van der Waals surface area contributed by atoms with Gasteiger partial charge in [0.25, 0.3) is 0 Å². The van der Waals surface area contributed by atoms with Crippen molar-refractivity contribution >= 4 is 0 Å². The van der Waals surface area contributed by atoms with Crippen LogP contribution in [0.3, 0.4) is 0 Å². The first-order chi connectivity index (χ1) is 9.67. The van der Waals surface area contributed by atoms with Crippen LogP contribution in [0.2, 0.25) is 0 Å². The minimum atomic E-state index is 0.703. The molecule has 1 aromatic carbocycles. The predicted octanol–water partition coefficient (Wildman–Crippen LogP) is 5.62. The van der Waals surface area contributed by atoms with Gasteiger partial charge in [-0.1, -0.05) is 71.2 Å². The van der Waals surface area contributed by atoms with Gasteiger partial charge in [0.1, 0.15) is 0 Å². The third-order valence-corrected chi connectivity index (χ3v) is 4.00. The van der Waals surface area contributed by atoms with Crippen LogP contribution in [0.5, 0.6) is 0 Å². The molecule has 1 atom stereocenters. The molecule has 0 radical (unpaired) electrons. The van der Waals surface area contributed by atoms with Gasteiger partial charge in [-0.3, -0.25) is 0 Å². The van der Waals surface area contributed by atoms with Gasteiger partial charge in [-0.15, -0.1) is 0 Å². The fourth-order valence-electron chi connectivity index (χ4n) is 2.57. The molecule has 0 aliphatic heterocycles. The highest BCUT2D eigenvalue weighted by Gasteiger charge is 2.13. The van der Waals surface area contributed by atoms with Crippen LogP contribution in [-0.4, -0.2) is 6.61 Å². The minimum Gasteiger partial charge on any atom is -0.376 e. The molecule has 0 bridgehead atoms. The van der Waals surface area contributed by atoms with Crippen LogP contribution in [0.25, 0.3) is 0 Å². The average Bonchev–Trinajstić information content (AvgIpc) is 2.43. The van der Waals surface area contributed by atoms with Crippen molar-refractivity contribution in [1.29, 1.82) is 0 Å². The Bertz CT molecular complexity index is 357. The maximum Gasteiger partial charge on any atom is 0.0717 e. The molecule has 1 heteroatoms. The molecule has 1 rings (SSSR count). The van der Waals surface area contributed by atoms with Crippen LogP contribution in [-0.2, 0) is 17.8 Å². The summed E-state index contributed by atoms with van der Waals surface area (Å²) in [6, 6.07) is 8.83. The van der Waals surface area contributed by atoms with Crippen molar-refractivity contribution in [1.82, 2.24) is 0 Å². The van der Waals surface area contributed by atoms with E-state index in [0.29, 0.717) is 11.8 Å². The Hall–Kier alpha value is -0.820. The van der Waals surface area contributed by atoms with Gasteiger partial charge >= 0.3 is 0 Å². The number of unbranched alkanes of at least 4 members (excludes halogenated alkanes) is 1. The van der Waals surface area contributed by atoms with Crippen molar-refractivity contribution in [2.24, 2.45) is 11.8 Å². The topological polar surface area (TPSA) is 9.23 Å². The first-order valence-corrected chi connectivity index (χ1v) is 8.32. The molecule has 114 valence electrons. The summed E-state index contributed by atoms with van der Waals surface area (Å²) in [5.74, 6) is 1.42. The average molecular weight is 276 g/mol. The third kappa shape index (κ3) is 6.56. The van der Waals surface area contributed by atoms with E-state index in [0.717, 1.165) is 13.2 Å². The molecular formula is C19H32O. The van der Waals surface area contributed by atoms with E-state index in [1.807, 2.05) is 0 Å².